The Morgan fingerprint density at radius 3 is 2.88 bits per heavy atom. The second-order valence-corrected chi connectivity index (χ2v) is 1.55. The van der Waals surface area contributed by atoms with Crippen molar-refractivity contribution in [1.29, 1.82) is 0 Å². The second kappa shape index (κ2) is 4.65. The molecule has 0 aromatic heterocycles. The summed E-state index contributed by atoms with van der Waals surface area (Å²) in [4.78, 5) is 3.68. The zero-order chi connectivity index (χ0) is 6.41. The number of allylic oxidation sites excluding steroid dienone is 2. The van der Waals surface area contributed by atoms with Gasteiger partial charge in [0.05, 0.1) is 5.88 Å². The van der Waals surface area contributed by atoms with Crippen LogP contribution in [-0.4, -0.2) is 19.1 Å². The van der Waals surface area contributed by atoms with Gasteiger partial charge < -0.3 is 5.73 Å². The molecule has 0 aliphatic heterocycles. The summed E-state index contributed by atoms with van der Waals surface area (Å²) >= 11 is 5.33. The summed E-state index contributed by atoms with van der Waals surface area (Å²) in [5.74, 6) is 0.367. The van der Waals surface area contributed by atoms with E-state index in [9.17, 15) is 0 Å². The molecule has 0 heterocycles. The fraction of sp³-hybridized carbons (Fsp3) is 0.400. The maximum atomic E-state index is 5.33. The fourth-order valence-corrected chi connectivity index (χ4v) is 0.304. The van der Waals surface area contributed by atoms with Crippen molar-refractivity contribution in [2.24, 2.45) is 10.7 Å². The van der Waals surface area contributed by atoms with Crippen LogP contribution in [0.3, 0.4) is 0 Å². The van der Waals surface area contributed by atoms with Crippen molar-refractivity contribution in [1.82, 2.24) is 0 Å². The third-order valence-corrected chi connectivity index (χ3v) is 0.901. The largest absolute Gasteiger partial charge is 0.401 e. The van der Waals surface area contributed by atoms with Gasteiger partial charge in [0.2, 0.25) is 0 Å². The smallest absolute Gasteiger partial charge is 0.0620 e. The molecule has 2 N–H and O–H groups in total. The Morgan fingerprint density at radius 1 is 1.88 bits per heavy atom. The first kappa shape index (κ1) is 7.50. The van der Waals surface area contributed by atoms with Crippen molar-refractivity contribution in [3.05, 3.63) is 11.8 Å². The van der Waals surface area contributed by atoms with Crippen molar-refractivity contribution in [2.75, 3.05) is 12.9 Å². The summed E-state index contributed by atoms with van der Waals surface area (Å²) in [6.45, 7) is 0. The van der Waals surface area contributed by atoms with E-state index in [0.717, 1.165) is 0 Å². The van der Waals surface area contributed by atoms with E-state index >= 15 is 0 Å². The molecule has 0 aromatic rings. The summed E-state index contributed by atoms with van der Waals surface area (Å²) in [7, 11) is 1.68. The minimum absolute atomic E-state index is 0.367. The van der Waals surface area contributed by atoms with Crippen molar-refractivity contribution >= 4 is 17.8 Å². The maximum absolute atomic E-state index is 5.33. The lowest BCUT2D eigenvalue weighted by atomic mass is 10.5. The molecule has 0 amide bonds. The number of nitrogens with zero attached hydrogens (tertiary/aromatic N) is 1. The number of rotatable bonds is 2. The van der Waals surface area contributed by atoms with Gasteiger partial charge >= 0.3 is 0 Å². The van der Waals surface area contributed by atoms with Gasteiger partial charge in [-0.25, -0.2) is 0 Å². The van der Waals surface area contributed by atoms with E-state index in [1.807, 2.05) is 0 Å². The molecule has 3 heteroatoms. The molecule has 2 nitrogen and oxygen atoms in total. The molecule has 0 atom stereocenters. The van der Waals surface area contributed by atoms with Crippen LogP contribution in [0.1, 0.15) is 0 Å². The Morgan fingerprint density at radius 2 is 2.50 bits per heavy atom. The molecule has 0 saturated heterocycles. The van der Waals surface area contributed by atoms with E-state index in [1.165, 1.54) is 0 Å². The highest BCUT2D eigenvalue weighted by Gasteiger charge is 1.78. The van der Waals surface area contributed by atoms with Gasteiger partial charge in [0.15, 0.2) is 0 Å². The summed E-state index contributed by atoms with van der Waals surface area (Å²) in [5.41, 5.74) is 5.93. The molecule has 0 bridgehead atoms. The molecule has 0 aliphatic carbocycles. The minimum Gasteiger partial charge on any atom is -0.401 e. The number of halogens is 1. The van der Waals surface area contributed by atoms with E-state index in [2.05, 4.69) is 4.99 Å². The molecule has 0 spiro atoms. The predicted molar refractivity (Wildman–Crippen MR) is 37.4 cm³/mol. The standard InChI is InChI=1S/C5H9ClN2/c1-8-3-2-5(7)4-6/h2-3H,4,7H2,1H3. The summed E-state index contributed by atoms with van der Waals surface area (Å²) in [6, 6.07) is 0. The third kappa shape index (κ3) is 3.68. The molecule has 46 valence electrons. The van der Waals surface area contributed by atoms with Gasteiger partial charge in [-0.2, -0.15) is 0 Å². The van der Waals surface area contributed by atoms with E-state index in [1.54, 1.807) is 19.3 Å². The van der Waals surface area contributed by atoms with E-state index in [0.29, 0.717) is 11.6 Å². The molecule has 0 fully saturated rings. The highest BCUT2D eigenvalue weighted by Crippen LogP contribution is 1.83. The second-order valence-electron chi connectivity index (χ2n) is 1.28. The highest BCUT2D eigenvalue weighted by molar-refractivity contribution is 6.19. The molecule has 0 aromatic carbocycles. The number of alkyl halides is 1. The lowest BCUT2D eigenvalue weighted by Gasteiger charge is -1.86. The van der Waals surface area contributed by atoms with Gasteiger partial charge in [-0.05, 0) is 6.08 Å². The van der Waals surface area contributed by atoms with Gasteiger partial charge in [0.1, 0.15) is 0 Å². The topological polar surface area (TPSA) is 38.4 Å². The van der Waals surface area contributed by atoms with E-state index in [-0.39, 0.29) is 0 Å². The van der Waals surface area contributed by atoms with Crippen LogP contribution in [0.2, 0.25) is 0 Å². The first-order chi connectivity index (χ1) is 3.81. The summed E-state index contributed by atoms with van der Waals surface area (Å²) < 4.78 is 0. The van der Waals surface area contributed by atoms with Gasteiger partial charge in [0, 0.05) is 19.0 Å². The number of hydrogen-bond donors (Lipinski definition) is 1. The van der Waals surface area contributed by atoms with E-state index < -0.39 is 0 Å². The van der Waals surface area contributed by atoms with Crippen LogP contribution >= 0.6 is 11.6 Å². The van der Waals surface area contributed by atoms with Crippen LogP contribution in [0.15, 0.2) is 16.8 Å². The molecule has 0 unspecified atom stereocenters. The molecule has 0 aliphatic rings. The number of nitrogens with two attached hydrogens (primary N) is 1. The quantitative estimate of drug-likeness (QED) is 0.438. The van der Waals surface area contributed by atoms with Crippen molar-refractivity contribution in [3.8, 4) is 0 Å². The first-order valence-corrected chi connectivity index (χ1v) is 2.77. The zero-order valence-electron chi connectivity index (χ0n) is 4.76. The predicted octanol–water partition coefficient (Wildman–Crippen LogP) is 0.768. The average molecular weight is 133 g/mol. The Kier molecular flexibility index (Phi) is 4.36. The molecule has 0 radical (unpaired) electrons. The van der Waals surface area contributed by atoms with Gasteiger partial charge in [0.25, 0.3) is 0 Å². The Hall–Kier alpha value is -0.500. The Labute approximate surface area is 54.0 Å². The monoisotopic (exact) mass is 132 g/mol. The van der Waals surface area contributed by atoms with Crippen LogP contribution in [-0.2, 0) is 0 Å². The van der Waals surface area contributed by atoms with Crippen molar-refractivity contribution in [3.63, 3.8) is 0 Å². The van der Waals surface area contributed by atoms with E-state index in [4.69, 9.17) is 17.3 Å². The molecular formula is C5H9ClN2. The molecule has 0 saturated carbocycles. The zero-order valence-corrected chi connectivity index (χ0v) is 5.52. The minimum atomic E-state index is 0.367. The Bertz CT molecular complexity index is 107. The maximum Gasteiger partial charge on any atom is 0.0620 e. The lowest BCUT2D eigenvalue weighted by molar-refractivity contribution is 1.33. The van der Waals surface area contributed by atoms with Crippen LogP contribution in [0.5, 0.6) is 0 Å². The fourth-order valence-electron chi connectivity index (χ4n) is 0.215. The van der Waals surface area contributed by atoms with Gasteiger partial charge in [-0.15, -0.1) is 11.6 Å². The lowest BCUT2D eigenvalue weighted by Crippen LogP contribution is -1.97. The normalized spacial score (nSPS) is 13.0. The third-order valence-electron chi connectivity index (χ3n) is 0.592. The van der Waals surface area contributed by atoms with Crippen molar-refractivity contribution < 1.29 is 0 Å². The molecular weight excluding hydrogens is 124 g/mol. The molecule has 0 rings (SSSR count). The summed E-state index contributed by atoms with van der Waals surface area (Å²) in [6.07, 6.45) is 3.28. The van der Waals surface area contributed by atoms with Crippen LogP contribution in [0.4, 0.5) is 0 Å². The SMILES string of the molecule is CN=CC=C(N)CCl. The summed E-state index contributed by atoms with van der Waals surface area (Å²) in [5, 5.41) is 0. The molecule has 8 heavy (non-hydrogen) atoms. The number of hydrogen-bond acceptors (Lipinski definition) is 2. The number of aliphatic imine (C=N–C) groups is 1. The first-order valence-electron chi connectivity index (χ1n) is 2.24. The van der Waals surface area contributed by atoms with Crippen LogP contribution < -0.4 is 5.73 Å². The van der Waals surface area contributed by atoms with Gasteiger partial charge in [-0.3, -0.25) is 4.99 Å². The Balaban J connectivity index is 3.57. The average Bonchev–Trinajstić information content (AvgIpc) is 1.83. The van der Waals surface area contributed by atoms with Gasteiger partial charge in [-0.1, -0.05) is 0 Å². The highest BCUT2D eigenvalue weighted by atomic mass is 35.5. The van der Waals surface area contributed by atoms with Crippen LogP contribution in [0.25, 0.3) is 0 Å². The van der Waals surface area contributed by atoms with Crippen LogP contribution in [0, 0.1) is 0 Å². The van der Waals surface area contributed by atoms with Crippen molar-refractivity contribution in [2.45, 2.75) is 0 Å².